The van der Waals surface area contributed by atoms with Crippen molar-refractivity contribution < 1.29 is 9.13 Å². The van der Waals surface area contributed by atoms with Crippen molar-refractivity contribution in [3.63, 3.8) is 0 Å². The number of benzene rings is 2. The van der Waals surface area contributed by atoms with Gasteiger partial charge in [-0.1, -0.05) is 62.7 Å². The van der Waals surface area contributed by atoms with Crippen LogP contribution >= 0.6 is 11.6 Å². The van der Waals surface area contributed by atoms with E-state index in [0.717, 1.165) is 62.1 Å². The van der Waals surface area contributed by atoms with Crippen molar-refractivity contribution in [2.75, 3.05) is 20.2 Å². The topological polar surface area (TPSA) is 41.7 Å². The van der Waals surface area contributed by atoms with E-state index in [1.165, 1.54) is 6.07 Å². The van der Waals surface area contributed by atoms with Crippen molar-refractivity contribution >= 4 is 17.7 Å². The predicted molar refractivity (Wildman–Crippen MR) is 145 cm³/mol. The Labute approximate surface area is 215 Å². The Hall–Kier alpha value is -2.34. The van der Waals surface area contributed by atoms with Crippen LogP contribution in [0.4, 0.5) is 4.39 Å². The number of ether oxygens (including phenoxy) is 1. The molecule has 4 nitrogen and oxygen atoms in total. The van der Waals surface area contributed by atoms with Gasteiger partial charge in [0.15, 0.2) is 0 Å². The van der Waals surface area contributed by atoms with Gasteiger partial charge in [0.05, 0.1) is 0 Å². The molecule has 1 aliphatic heterocycles. The monoisotopic (exact) mass is 499 g/mol. The van der Waals surface area contributed by atoms with E-state index < -0.39 is 0 Å². The molecule has 0 radical (unpaired) electrons. The molecule has 2 aromatic rings. The largest absolute Gasteiger partial charge is 0.492 e. The molecule has 1 heterocycles. The molecule has 35 heavy (non-hydrogen) atoms. The minimum atomic E-state index is -0.252. The van der Waals surface area contributed by atoms with E-state index in [2.05, 4.69) is 49.1 Å². The molecule has 190 valence electrons. The number of likely N-dealkylation sites (tertiary alicyclic amines) is 1. The average Bonchev–Trinajstić information content (AvgIpc) is 2.84. The lowest BCUT2D eigenvalue weighted by Gasteiger charge is -2.35. The van der Waals surface area contributed by atoms with Gasteiger partial charge >= 0.3 is 0 Å². The molecule has 0 saturated carbocycles. The summed E-state index contributed by atoms with van der Waals surface area (Å²) in [5.41, 5.74) is 9.55. The van der Waals surface area contributed by atoms with Crippen molar-refractivity contribution in [2.24, 2.45) is 5.73 Å². The van der Waals surface area contributed by atoms with Gasteiger partial charge in [-0.25, -0.2) is 4.39 Å². The third-order valence-electron chi connectivity index (χ3n) is 6.89. The number of halogens is 2. The SMILES string of the molecule is C=Cc1ccc(OCC2CCCCN2Cc2c(F)cccc2Cl)cc1CN(C)C(CCC)C(=C)N. The molecular weight excluding hydrogens is 461 g/mol. The van der Waals surface area contributed by atoms with Crippen molar-refractivity contribution in [1.82, 2.24) is 9.80 Å². The fraction of sp³-hybridized carbons (Fsp3) is 0.448. The van der Waals surface area contributed by atoms with Crippen LogP contribution in [-0.4, -0.2) is 42.1 Å². The van der Waals surface area contributed by atoms with E-state index in [-0.39, 0.29) is 17.9 Å². The maximum atomic E-state index is 14.4. The molecule has 2 unspecified atom stereocenters. The average molecular weight is 500 g/mol. The molecule has 2 atom stereocenters. The van der Waals surface area contributed by atoms with Gasteiger partial charge in [0, 0.05) is 41.5 Å². The quantitative estimate of drug-likeness (QED) is 0.356. The lowest BCUT2D eigenvalue weighted by molar-refractivity contribution is 0.0922. The van der Waals surface area contributed by atoms with Gasteiger partial charge in [-0.15, -0.1) is 0 Å². The molecule has 2 N–H and O–H groups in total. The number of hydrogen-bond donors (Lipinski definition) is 1. The summed E-state index contributed by atoms with van der Waals surface area (Å²) in [6.45, 7) is 12.8. The Morgan fingerprint density at radius 3 is 2.83 bits per heavy atom. The zero-order valence-corrected chi connectivity index (χ0v) is 21.9. The van der Waals surface area contributed by atoms with Crippen LogP contribution < -0.4 is 10.5 Å². The van der Waals surface area contributed by atoms with E-state index in [9.17, 15) is 4.39 Å². The van der Waals surface area contributed by atoms with Gasteiger partial charge < -0.3 is 10.5 Å². The summed E-state index contributed by atoms with van der Waals surface area (Å²) < 4.78 is 20.7. The highest BCUT2D eigenvalue weighted by molar-refractivity contribution is 6.31. The smallest absolute Gasteiger partial charge is 0.129 e. The summed E-state index contributed by atoms with van der Waals surface area (Å²) in [5, 5.41) is 0.477. The van der Waals surface area contributed by atoms with Gasteiger partial charge in [-0.3, -0.25) is 9.80 Å². The summed E-state index contributed by atoms with van der Waals surface area (Å²) in [4.78, 5) is 4.53. The van der Waals surface area contributed by atoms with Crippen molar-refractivity contribution in [1.29, 1.82) is 0 Å². The molecule has 3 rings (SSSR count). The molecule has 1 aliphatic rings. The molecule has 6 heteroatoms. The minimum absolute atomic E-state index is 0.128. The van der Waals surface area contributed by atoms with E-state index in [4.69, 9.17) is 22.1 Å². The zero-order chi connectivity index (χ0) is 25.4. The van der Waals surface area contributed by atoms with Crippen molar-refractivity contribution in [3.8, 4) is 5.75 Å². The van der Waals surface area contributed by atoms with Gasteiger partial charge in [-0.2, -0.15) is 0 Å². The number of nitrogens with zero attached hydrogens (tertiary/aromatic N) is 2. The standard InChI is InChI=1S/C29H39ClFN3O/c1-5-10-29(21(3)32)33(4)18-23-17-25(15-14-22(23)6-2)35-20-24-11-7-8-16-34(24)19-26-27(30)12-9-13-28(26)31/h6,9,12-15,17,24,29H,2-3,5,7-8,10-11,16,18-20,32H2,1,4H3. The van der Waals surface area contributed by atoms with Crippen LogP contribution in [0.25, 0.3) is 6.08 Å². The number of nitrogens with two attached hydrogens (primary N) is 1. The van der Waals surface area contributed by atoms with Crippen molar-refractivity contribution in [2.45, 2.75) is 64.2 Å². The summed E-state index contributed by atoms with van der Waals surface area (Å²) in [6.07, 6.45) is 7.14. The van der Waals surface area contributed by atoms with Crippen LogP contribution in [0.3, 0.4) is 0 Å². The van der Waals surface area contributed by atoms with Crippen molar-refractivity contribution in [3.05, 3.63) is 82.8 Å². The van der Waals surface area contributed by atoms with Gasteiger partial charge in [0.1, 0.15) is 18.2 Å². The molecule has 1 saturated heterocycles. The molecule has 0 aliphatic carbocycles. The van der Waals surface area contributed by atoms with E-state index >= 15 is 0 Å². The molecule has 1 fully saturated rings. The summed E-state index contributed by atoms with van der Waals surface area (Å²) in [7, 11) is 2.08. The number of hydrogen-bond acceptors (Lipinski definition) is 4. The second-order valence-corrected chi connectivity index (χ2v) is 9.90. The number of likely N-dealkylation sites (N-methyl/N-ethyl adjacent to an activating group) is 1. The zero-order valence-electron chi connectivity index (χ0n) is 21.1. The first kappa shape index (κ1) is 27.3. The maximum absolute atomic E-state index is 14.4. The fourth-order valence-electron chi connectivity index (χ4n) is 4.88. The first-order valence-electron chi connectivity index (χ1n) is 12.5. The fourth-order valence-corrected chi connectivity index (χ4v) is 5.11. The van der Waals surface area contributed by atoms with Crippen LogP contribution in [-0.2, 0) is 13.1 Å². The van der Waals surface area contributed by atoms with Crippen LogP contribution in [0.15, 0.2) is 55.3 Å². The van der Waals surface area contributed by atoms with Crippen LogP contribution in [0.2, 0.25) is 5.02 Å². The Balaban J connectivity index is 1.70. The normalized spacial score (nSPS) is 17.3. The highest BCUT2D eigenvalue weighted by atomic mass is 35.5. The lowest BCUT2D eigenvalue weighted by atomic mass is 10.0. The summed E-state index contributed by atoms with van der Waals surface area (Å²) in [6, 6.07) is 11.3. The Bertz CT molecular complexity index is 991. The van der Waals surface area contributed by atoms with Gasteiger partial charge in [0.25, 0.3) is 0 Å². The van der Waals surface area contributed by atoms with Crippen LogP contribution in [0, 0.1) is 5.82 Å². The Morgan fingerprint density at radius 1 is 1.34 bits per heavy atom. The summed E-state index contributed by atoms with van der Waals surface area (Å²) >= 11 is 6.30. The molecule has 0 bridgehead atoms. The lowest BCUT2D eigenvalue weighted by Crippen LogP contribution is -2.42. The van der Waals surface area contributed by atoms with E-state index in [0.29, 0.717) is 29.4 Å². The Morgan fingerprint density at radius 2 is 2.14 bits per heavy atom. The molecule has 0 amide bonds. The number of piperidine rings is 1. The first-order valence-corrected chi connectivity index (χ1v) is 12.9. The third-order valence-corrected chi connectivity index (χ3v) is 7.24. The second kappa shape index (κ2) is 13.1. The number of rotatable bonds is 12. The maximum Gasteiger partial charge on any atom is 0.129 e. The first-order chi connectivity index (χ1) is 16.8. The van der Waals surface area contributed by atoms with Crippen LogP contribution in [0.1, 0.15) is 55.7 Å². The van der Waals surface area contributed by atoms with Gasteiger partial charge in [-0.05, 0) is 68.2 Å². The summed E-state index contributed by atoms with van der Waals surface area (Å²) in [5.74, 6) is 0.574. The molecule has 0 aromatic heterocycles. The van der Waals surface area contributed by atoms with Gasteiger partial charge in [0.2, 0.25) is 0 Å². The highest BCUT2D eigenvalue weighted by Crippen LogP contribution is 2.27. The third kappa shape index (κ3) is 7.33. The van der Waals surface area contributed by atoms with E-state index in [1.807, 2.05) is 12.1 Å². The highest BCUT2D eigenvalue weighted by Gasteiger charge is 2.25. The minimum Gasteiger partial charge on any atom is -0.492 e. The molecule has 2 aromatic carbocycles. The van der Waals surface area contributed by atoms with E-state index in [1.54, 1.807) is 12.1 Å². The molecule has 0 spiro atoms. The predicted octanol–water partition coefficient (Wildman–Crippen LogP) is 6.63. The Kier molecular flexibility index (Phi) is 10.2. The molecular formula is C29H39ClFN3O. The van der Waals surface area contributed by atoms with Crippen LogP contribution in [0.5, 0.6) is 5.75 Å². The second-order valence-electron chi connectivity index (χ2n) is 9.49.